The number of amides is 1. The largest absolute Gasteiger partial charge is 0.452 e. The molecule has 1 heterocycles. The Hall–Kier alpha value is -3.07. The van der Waals surface area contributed by atoms with Crippen molar-refractivity contribution in [2.24, 2.45) is 0 Å². The van der Waals surface area contributed by atoms with Crippen LogP contribution in [0, 0.1) is 25.2 Å². The van der Waals surface area contributed by atoms with Crippen LogP contribution in [0.3, 0.4) is 0 Å². The number of rotatable bonds is 6. The van der Waals surface area contributed by atoms with E-state index in [0.717, 1.165) is 23.5 Å². The van der Waals surface area contributed by atoms with E-state index >= 15 is 0 Å². The molecular weight excluding hydrogens is 318 g/mol. The molecule has 0 saturated heterocycles. The third kappa shape index (κ3) is 4.48. The number of nitrogens with zero attached hydrogens (tertiary/aromatic N) is 2. The summed E-state index contributed by atoms with van der Waals surface area (Å²) in [7, 11) is 0. The summed E-state index contributed by atoms with van der Waals surface area (Å²) in [5.41, 5.74) is 3.76. The minimum absolute atomic E-state index is 0.321. The highest BCUT2D eigenvalue weighted by Crippen LogP contribution is 2.16. The summed E-state index contributed by atoms with van der Waals surface area (Å²) in [5, 5.41) is 11.3. The predicted octanol–water partition coefficient (Wildman–Crippen LogP) is 2.99. The minimum atomic E-state index is -0.507. The van der Waals surface area contributed by atoms with Crippen LogP contribution in [0.5, 0.6) is 0 Å². The summed E-state index contributed by atoms with van der Waals surface area (Å²) in [6, 6.07) is 10.8. The zero-order valence-electron chi connectivity index (χ0n) is 14.6. The molecule has 6 nitrogen and oxygen atoms in total. The van der Waals surface area contributed by atoms with Gasteiger partial charge in [0.05, 0.1) is 18.1 Å². The summed E-state index contributed by atoms with van der Waals surface area (Å²) in [6.45, 7) is 6.21. The van der Waals surface area contributed by atoms with Crippen molar-refractivity contribution in [3.63, 3.8) is 0 Å². The van der Waals surface area contributed by atoms with E-state index in [9.17, 15) is 9.59 Å². The quantitative estimate of drug-likeness (QED) is 0.820. The second-order valence-electron chi connectivity index (χ2n) is 5.69. The molecule has 0 bridgehead atoms. The van der Waals surface area contributed by atoms with E-state index in [1.165, 1.54) is 0 Å². The van der Waals surface area contributed by atoms with E-state index in [1.807, 2.05) is 25.3 Å². The number of ether oxygens (including phenoxy) is 1. The Bertz CT molecular complexity index is 814. The highest BCUT2D eigenvalue weighted by molar-refractivity contribution is 5.96. The lowest BCUT2D eigenvalue weighted by Gasteiger charge is -2.08. The molecule has 1 amide bonds. The maximum absolute atomic E-state index is 12.2. The first-order valence-electron chi connectivity index (χ1n) is 8.05. The molecule has 0 atom stereocenters. The fourth-order valence-electron chi connectivity index (χ4n) is 2.70. The van der Waals surface area contributed by atoms with Crippen molar-refractivity contribution in [2.45, 2.75) is 33.7 Å². The Morgan fingerprint density at radius 2 is 1.92 bits per heavy atom. The first-order chi connectivity index (χ1) is 12.0. The molecule has 25 heavy (non-hydrogen) atoms. The molecule has 0 saturated carbocycles. The van der Waals surface area contributed by atoms with Gasteiger partial charge in [-0.25, -0.2) is 4.79 Å². The normalized spacial score (nSPS) is 10.2. The highest BCUT2D eigenvalue weighted by Gasteiger charge is 2.17. The van der Waals surface area contributed by atoms with Gasteiger partial charge in [0.1, 0.15) is 0 Å². The Kier molecular flexibility index (Phi) is 5.96. The van der Waals surface area contributed by atoms with Crippen molar-refractivity contribution in [1.29, 1.82) is 5.26 Å². The molecule has 1 aromatic carbocycles. The van der Waals surface area contributed by atoms with Crippen LogP contribution >= 0.6 is 0 Å². The molecule has 1 aromatic heterocycles. The van der Waals surface area contributed by atoms with Gasteiger partial charge in [-0.15, -0.1) is 0 Å². The average Bonchev–Trinajstić information content (AvgIpc) is 2.88. The van der Waals surface area contributed by atoms with Crippen LogP contribution in [0.2, 0.25) is 0 Å². The Morgan fingerprint density at radius 3 is 2.48 bits per heavy atom. The van der Waals surface area contributed by atoms with Crippen LogP contribution in [0.15, 0.2) is 30.3 Å². The Balaban J connectivity index is 1.91. The first-order valence-corrected chi connectivity index (χ1v) is 8.05. The number of carbonyl (C=O) groups excluding carboxylic acids is 2. The minimum Gasteiger partial charge on any atom is -0.452 e. The lowest BCUT2D eigenvalue weighted by Crippen LogP contribution is -2.21. The topological polar surface area (TPSA) is 84.1 Å². The summed E-state index contributed by atoms with van der Waals surface area (Å²) in [4.78, 5) is 24.1. The number of hydrogen-bond acceptors (Lipinski definition) is 4. The van der Waals surface area contributed by atoms with Gasteiger partial charge in [0.25, 0.3) is 5.91 Å². The van der Waals surface area contributed by atoms with Crippen molar-refractivity contribution in [1.82, 2.24) is 4.57 Å². The second-order valence-corrected chi connectivity index (χ2v) is 5.69. The molecular formula is C19H21N3O3. The molecule has 0 aliphatic rings. The van der Waals surface area contributed by atoms with Crippen molar-refractivity contribution >= 4 is 17.6 Å². The van der Waals surface area contributed by atoms with E-state index in [2.05, 4.69) is 11.4 Å². The third-order valence-corrected chi connectivity index (χ3v) is 3.97. The Morgan fingerprint density at radius 1 is 1.24 bits per heavy atom. The van der Waals surface area contributed by atoms with Gasteiger partial charge in [0, 0.05) is 23.6 Å². The van der Waals surface area contributed by atoms with Gasteiger partial charge in [-0.2, -0.15) is 5.26 Å². The SMILES string of the molecule is CCn1c(C)cc(C(=O)OCC(=O)Nc2ccc(CC#N)cc2)c1C. The number of benzene rings is 1. The number of esters is 1. The lowest BCUT2D eigenvalue weighted by atomic mass is 10.1. The molecule has 6 heteroatoms. The fourth-order valence-corrected chi connectivity index (χ4v) is 2.70. The van der Waals surface area contributed by atoms with Gasteiger partial charge in [-0.1, -0.05) is 12.1 Å². The smallest absolute Gasteiger partial charge is 0.340 e. The second kappa shape index (κ2) is 8.15. The summed E-state index contributed by atoms with van der Waals surface area (Å²) in [6.07, 6.45) is 0.321. The van der Waals surface area contributed by atoms with Gasteiger partial charge >= 0.3 is 5.97 Å². The van der Waals surface area contributed by atoms with Gasteiger partial charge in [0.2, 0.25) is 0 Å². The number of nitrogens with one attached hydrogen (secondary N) is 1. The van der Waals surface area contributed by atoms with Crippen LogP contribution in [0.4, 0.5) is 5.69 Å². The molecule has 0 spiro atoms. The molecule has 2 aromatic rings. The molecule has 0 aliphatic carbocycles. The van der Waals surface area contributed by atoms with Crippen molar-refractivity contribution in [2.75, 3.05) is 11.9 Å². The number of hydrogen-bond donors (Lipinski definition) is 1. The van der Waals surface area contributed by atoms with Gasteiger partial charge < -0.3 is 14.6 Å². The number of aromatic nitrogens is 1. The van der Waals surface area contributed by atoms with E-state index in [1.54, 1.807) is 30.3 Å². The molecule has 0 aliphatic heterocycles. The molecule has 0 fully saturated rings. The molecule has 0 unspecified atom stereocenters. The van der Waals surface area contributed by atoms with Crippen LogP contribution in [0.1, 0.15) is 34.2 Å². The highest BCUT2D eigenvalue weighted by atomic mass is 16.5. The van der Waals surface area contributed by atoms with E-state index in [-0.39, 0.29) is 6.61 Å². The lowest BCUT2D eigenvalue weighted by molar-refractivity contribution is -0.119. The summed E-state index contributed by atoms with van der Waals surface area (Å²) >= 11 is 0. The number of anilines is 1. The van der Waals surface area contributed by atoms with Crippen LogP contribution in [-0.2, 0) is 22.5 Å². The summed E-state index contributed by atoms with van der Waals surface area (Å²) < 4.78 is 7.12. The fraction of sp³-hybridized carbons (Fsp3) is 0.316. The maximum Gasteiger partial charge on any atom is 0.340 e. The van der Waals surface area contributed by atoms with Crippen molar-refractivity contribution in [3.8, 4) is 6.07 Å². The van der Waals surface area contributed by atoms with Crippen LogP contribution in [-0.4, -0.2) is 23.1 Å². The molecule has 2 rings (SSSR count). The zero-order chi connectivity index (χ0) is 18.4. The number of nitriles is 1. The standard InChI is InChI=1S/C19H21N3O3/c1-4-22-13(2)11-17(14(22)3)19(24)25-12-18(23)21-16-7-5-15(6-8-16)9-10-20/h5-8,11H,4,9,12H2,1-3H3,(H,21,23). The Labute approximate surface area is 147 Å². The van der Waals surface area contributed by atoms with Crippen molar-refractivity contribution < 1.29 is 14.3 Å². The maximum atomic E-state index is 12.2. The first kappa shape index (κ1) is 18.3. The zero-order valence-corrected chi connectivity index (χ0v) is 14.6. The number of carbonyl (C=O) groups is 2. The molecule has 130 valence electrons. The van der Waals surface area contributed by atoms with Gasteiger partial charge in [-0.3, -0.25) is 4.79 Å². The van der Waals surface area contributed by atoms with E-state index < -0.39 is 11.9 Å². The summed E-state index contributed by atoms with van der Waals surface area (Å²) in [5.74, 6) is -0.919. The monoisotopic (exact) mass is 339 g/mol. The predicted molar refractivity (Wildman–Crippen MR) is 94.3 cm³/mol. The van der Waals surface area contributed by atoms with Gasteiger partial charge in [0.15, 0.2) is 6.61 Å². The van der Waals surface area contributed by atoms with Gasteiger partial charge in [-0.05, 0) is 44.5 Å². The van der Waals surface area contributed by atoms with E-state index in [0.29, 0.717) is 17.7 Å². The molecule has 0 radical (unpaired) electrons. The van der Waals surface area contributed by atoms with Crippen LogP contribution in [0.25, 0.3) is 0 Å². The third-order valence-electron chi connectivity index (χ3n) is 3.97. The molecule has 1 N–H and O–H groups in total. The van der Waals surface area contributed by atoms with Crippen LogP contribution < -0.4 is 5.32 Å². The number of aryl methyl sites for hydroxylation is 1. The van der Waals surface area contributed by atoms with Crippen molar-refractivity contribution in [3.05, 3.63) is 52.8 Å². The average molecular weight is 339 g/mol. The van der Waals surface area contributed by atoms with E-state index in [4.69, 9.17) is 10.00 Å².